The van der Waals surface area contributed by atoms with Gasteiger partial charge < -0.3 is 10.3 Å². The van der Waals surface area contributed by atoms with Gasteiger partial charge in [-0.15, -0.1) is 12.4 Å². The molecule has 2 N–H and O–H groups in total. The fraction of sp³-hybridized carbons (Fsp3) is 0.417. The van der Waals surface area contributed by atoms with Crippen LogP contribution in [0.15, 0.2) is 16.9 Å². The van der Waals surface area contributed by atoms with Crippen LogP contribution in [0.5, 0.6) is 0 Å². The first-order valence-electron chi connectivity index (χ1n) is 5.97. The van der Waals surface area contributed by atoms with Gasteiger partial charge in [-0.2, -0.15) is 0 Å². The molecular formula is C12H14Cl2FN3O. The fourth-order valence-corrected chi connectivity index (χ4v) is 2.78. The van der Waals surface area contributed by atoms with Gasteiger partial charge in [-0.05, 0) is 38.1 Å². The molecule has 0 spiro atoms. The standard InChI is InChI=1S/C12H13ClFN3O.ClH/c13-7-5-9(14)11-10(6-7)17(12(18)16-11)8-1-3-15-4-2-8;/h5-6,8,15H,1-4H2,(H,16,18);1H. The van der Waals surface area contributed by atoms with Crippen LogP contribution in [-0.4, -0.2) is 22.6 Å². The Morgan fingerprint density at radius 3 is 2.68 bits per heavy atom. The highest BCUT2D eigenvalue weighted by atomic mass is 35.5. The molecule has 0 atom stereocenters. The van der Waals surface area contributed by atoms with Gasteiger partial charge in [0.1, 0.15) is 11.3 Å². The van der Waals surface area contributed by atoms with Gasteiger partial charge in [0, 0.05) is 11.1 Å². The van der Waals surface area contributed by atoms with Crippen LogP contribution in [0, 0.1) is 5.82 Å². The molecule has 1 aromatic heterocycles. The van der Waals surface area contributed by atoms with E-state index < -0.39 is 5.82 Å². The summed E-state index contributed by atoms with van der Waals surface area (Å²) in [5.74, 6) is -0.484. The van der Waals surface area contributed by atoms with E-state index in [1.807, 2.05) is 0 Å². The largest absolute Gasteiger partial charge is 0.326 e. The van der Waals surface area contributed by atoms with E-state index in [4.69, 9.17) is 11.6 Å². The van der Waals surface area contributed by atoms with Crippen LogP contribution < -0.4 is 11.0 Å². The molecule has 4 nitrogen and oxygen atoms in total. The Morgan fingerprint density at radius 2 is 2.00 bits per heavy atom. The zero-order valence-electron chi connectivity index (χ0n) is 10.1. The van der Waals surface area contributed by atoms with E-state index in [0.29, 0.717) is 10.5 Å². The number of hydrogen-bond donors (Lipinski definition) is 2. The molecule has 0 unspecified atom stereocenters. The van der Waals surface area contributed by atoms with Crippen molar-refractivity contribution in [2.45, 2.75) is 18.9 Å². The van der Waals surface area contributed by atoms with Gasteiger partial charge in [0.2, 0.25) is 0 Å². The van der Waals surface area contributed by atoms with E-state index in [1.165, 1.54) is 6.07 Å². The van der Waals surface area contributed by atoms with Gasteiger partial charge in [-0.25, -0.2) is 9.18 Å². The van der Waals surface area contributed by atoms with Gasteiger partial charge in [0.15, 0.2) is 0 Å². The average molecular weight is 306 g/mol. The number of hydrogen-bond acceptors (Lipinski definition) is 2. The summed E-state index contributed by atoms with van der Waals surface area (Å²) in [5.41, 5.74) is 0.526. The SMILES string of the molecule is Cl.O=c1[nH]c2c(F)cc(Cl)cc2n1C1CCNCC1. The topological polar surface area (TPSA) is 49.8 Å². The summed E-state index contributed by atoms with van der Waals surface area (Å²) in [6, 6.07) is 2.96. The minimum Gasteiger partial charge on any atom is -0.317 e. The van der Waals surface area contributed by atoms with Crippen LogP contribution in [0.25, 0.3) is 11.0 Å². The summed E-state index contributed by atoms with van der Waals surface area (Å²) in [6.07, 6.45) is 1.72. The van der Waals surface area contributed by atoms with Crippen LogP contribution in [0.2, 0.25) is 5.02 Å². The summed E-state index contributed by atoms with van der Waals surface area (Å²) in [6.45, 7) is 1.74. The van der Waals surface area contributed by atoms with Crippen molar-refractivity contribution in [3.8, 4) is 0 Å². The number of piperidine rings is 1. The highest BCUT2D eigenvalue weighted by Crippen LogP contribution is 2.25. The first-order valence-corrected chi connectivity index (χ1v) is 6.34. The Labute approximate surface area is 120 Å². The normalized spacial score (nSPS) is 16.5. The molecule has 7 heteroatoms. The van der Waals surface area contributed by atoms with Crippen molar-refractivity contribution < 1.29 is 4.39 Å². The Hall–Kier alpha value is -1.04. The van der Waals surface area contributed by atoms with Crippen LogP contribution in [-0.2, 0) is 0 Å². The lowest BCUT2D eigenvalue weighted by atomic mass is 10.1. The Kier molecular flexibility index (Phi) is 4.18. The van der Waals surface area contributed by atoms with E-state index in [9.17, 15) is 9.18 Å². The van der Waals surface area contributed by atoms with Crippen LogP contribution in [0.4, 0.5) is 4.39 Å². The third kappa shape index (κ3) is 2.50. The van der Waals surface area contributed by atoms with Crippen molar-refractivity contribution in [3.05, 3.63) is 33.5 Å². The lowest BCUT2D eigenvalue weighted by Gasteiger charge is -2.23. The Balaban J connectivity index is 0.00000133. The lowest BCUT2D eigenvalue weighted by molar-refractivity contribution is 0.368. The number of fused-ring (bicyclic) bond motifs is 1. The number of halogens is 3. The second-order valence-corrected chi connectivity index (χ2v) is 5.00. The molecule has 1 aliphatic heterocycles. The van der Waals surface area contributed by atoms with Crippen molar-refractivity contribution in [1.82, 2.24) is 14.9 Å². The molecule has 19 heavy (non-hydrogen) atoms. The second-order valence-electron chi connectivity index (χ2n) is 4.56. The van der Waals surface area contributed by atoms with E-state index in [1.54, 1.807) is 10.6 Å². The minimum atomic E-state index is -0.484. The predicted octanol–water partition coefficient (Wildman–Crippen LogP) is 2.47. The molecule has 104 valence electrons. The van der Waals surface area contributed by atoms with Gasteiger partial charge in [0.05, 0.1) is 5.52 Å². The summed E-state index contributed by atoms with van der Waals surface area (Å²) < 4.78 is 15.4. The van der Waals surface area contributed by atoms with Crippen molar-refractivity contribution in [3.63, 3.8) is 0 Å². The first-order chi connectivity index (χ1) is 8.66. The van der Waals surface area contributed by atoms with Crippen molar-refractivity contribution in [2.24, 2.45) is 0 Å². The number of rotatable bonds is 1. The number of nitrogens with one attached hydrogen (secondary N) is 2. The summed E-state index contributed by atoms with van der Waals surface area (Å²) in [5, 5.41) is 3.55. The van der Waals surface area contributed by atoms with Crippen molar-refractivity contribution in [2.75, 3.05) is 13.1 Å². The summed E-state index contributed by atoms with van der Waals surface area (Å²) in [4.78, 5) is 14.6. The molecule has 0 radical (unpaired) electrons. The van der Waals surface area contributed by atoms with Crippen molar-refractivity contribution >= 4 is 35.0 Å². The quantitative estimate of drug-likeness (QED) is 0.850. The smallest absolute Gasteiger partial charge is 0.317 e. The van der Waals surface area contributed by atoms with Gasteiger partial charge in [0.25, 0.3) is 0 Å². The van der Waals surface area contributed by atoms with Gasteiger partial charge >= 0.3 is 5.69 Å². The molecule has 0 saturated carbocycles. The molecule has 3 rings (SSSR count). The third-order valence-corrected chi connectivity index (χ3v) is 3.64. The fourth-order valence-electron chi connectivity index (χ4n) is 2.58. The Morgan fingerprint density at radius 1 is 1.32 bits per heavy atom. The number of imidazole rings is 1. The number of aromatic nitrogens is 2. The molecule has 0 bridgehead atoms. The van der Waals surface area contributed by atoms with Crippen molar-refractivity contribution in [1.29, 1.82) is 0 Å². The number of nitrogens with zero attached hydrogens (tertiary/aromatic N) is 1. The highest BCUT2D eigenvalue weighted by molar-refractivity contribution is 6.31. The molecule has 2 aromatic rings. The lowest BCUT2D eigenvalue weighted by Crippen LogP contribution is -2.33. The molecule has 2 heterocycles. The zero-order chi connectivity index (χ0) is 12.7. The molecular weight excluding hydrogens is 292 g/mol. The molecule has 1 aromatic carbocycles. The van der Waals surface area contributed by atoms with E-state index in [-0.39, 0.29) is 29.7 Å². The molecule has 0 aliphatic carbocycles. The number of H-pyrrole nitrogens is 1. The maximum atomic E-state index is 13.7. The van der Waals surface area contributed by atoms with E-state index in [2.05, 4.69) is 10.3 Å². The highest BCUT2D eigenvalue weighted by Gasteiger charge is 2.21. The molecule has 1 aliphatic rings. The predicted molar refractivity (Wildman–Crippen MR) is 75.9 cm³/mol. The Bertz CT molecular complexity index is 646. The average Bonchev–Trinajstić information content (AvgIpc) is 2.67. The molecule has 0 amide bonds. The molecule has 1 fully saturated rings. The third-order valence-electron chi connectivity index (χ3n) is 3.42. The zero-order valence-corrected chi connectivity index (χ0v) is 11.7. The monoisotopic (exact) mass is 305 g/mol. The van der Waals surface area contributed by atoms with Crippen LogP contribution >= 0.6 is 24.0 Å². The van der Waals surface area contributed by atoms with Gasteiger partial charge in [-0.1, -0.05) is 11.6 Å². The minimum absolute atomic E-state index is 0. The number of aromatic amines is 1. The molecule has 1 saturated heterocycles. The van der Waals surface area contributed by atoms with Gasteiger partial charge in [-0.3, -0.25) is 4.57 Å². The summed E-state index contributed by atoms with van der Waals surface area (Å²) in [7, 11) is 0. The maximum Gasteiger partial charge on any atom is 0.326 e. The van der Waals surface area contributed by atoms with Crippen LogP contribution in [0.1, 0.15) is 18.9 Å². The van der Waals surface area contributed by atoms with E-state index in [0.717, 1.165) is 25.9 Å². The number of benzene rings is 1. The van der Waals surface area contributed by atoms with E-state index >= 15 is 0 Å². The van der Waals surface area contributed by atoms with Crippen LogP contribution in [0.3, 0.4) is 0 Å². The summed E-state index contributed by atoms with van der Waals surface area (Å²) >= 11 is 5.86. The second kappa shape index (κ2) is 5.53. The maximum absolute atomic E-state index is 13.7. The first kappa shape index (κ1) is 14.4.